The maximum Gasteiger partial charge on any atom is -0.00248 e. The zero-order valence-corrected chi connectivity index (χ0v) is 10.3. The molecule has 0 spiro atoms. The van der Waals surface area contributed by atoms with Crippen LogP contribution >= 0.6 is 12.4 Å². The summed E-state index contributed by atoms with van der Waals surface area (Å²) in [4.78, 5) is 2.27. The minimum absolute atomic E-state index is 0. The van der Waals surface area contributed by atoms with Gasteiger partial charge in [-0.2, -0.15) is 0 Å². The van der Waals surface area contributed by atoms with Gasteiger partial charge >= 0.3 is 0 Å². The zero-order valence-electron chi connectivity index (χ0n) is 9.51. The average Bonchev–Trinajstić information content (AvgIpc) is 2.02. The highest BCUT2D eigenvalue weighted by Crippen LogP contribution is 2.06. The Balaban J connectivity index is 0. The van der Waals surface area contributed by atoms with Crippen LogP contribution in [0.2, 0.25) is 0 Å². The fourth-order valence-corrected chi connectivity index (χ4v) is 1.39. The summed E-state index contributed by atoms with van der Waals surface area (Å²) in [5, 5.41) is 0. The highest BCUT2D eigenvalue weighted by molar-refractivity contribution is 5.85. The largest absolute Gasteiger partial charge is 0.309 e. The Kier molecular flexibility index (Phi) is 14.8. The molecular weight excluding hydrogens is 182 g/mol. The second kappa shape index (κ2) is 12.2. The predicted molar refractivity (Wildman–Crippen MR) is 63.8 cm³/mol. The Morgan fingerprint density at radius 2 is 1.23 bits per heavy atom. The van der Waals surface area contributed by atoms with Gasteiger partial charge in [-0.25, -0.2) is 0 Å². The third kappa shape index (κ3) is 15.0. The predicted octanol–water partition coefficient (Wildman–Crippen LogP) is 3.72. The summed E-state index contributed by atoms with van der Waals surface area (Å²) in [7, 11) is 4.30. The van der Waals surface area contributed by atoms with Gasteiger partial charge in [-0.15, -0.1) is 12.4 Å². The van der Waals surface area contributed by atoms with Crippen LogP contribution < -0.4 is 0 Å². The summed E-state index contributed by atoms with van der Waals surface area (Å²) in [5.74, 6) is 0. The summed E-state index contributed by atoms with van der Waals surface area (Å²) in [6.07, 6.45) is 9.90. The van der Waals surface area contributed by atoms with E-state index >= 15 is 0 Å². The first-order valence-electron chi connectivity index (χ1n) is 5.42. The normalized spacial score (nSPS) is 10.2. The number of hydrogen-bond donors (Lipinski definition) is 0. The van der Waals surface area contributed by atoms with Gasteiger partial charge in [0, 0.05) is 0 Å². The summed E-state index contributed by atoms with van der Waals surface area (Å²) in [6, 6.07) is 0. The van der Waals surface area contributed by atoms with Crippen LogP contribution in [0, 0.1) is 0 Å². The third-order valence-electron chi connectivity index (χ3n) is 2.21. The van der Waals surface area contributed by atoms with E-state index in [1.54, 1.807) is 0 Å². The molecule has 0 aliphatic heterocycles. The van der Waals surface area contributed by atoms with E-state index in [0.29, 0.717) is 0 Å². The van der Waals surface area contributed by atoms with Crippen molar-refractivity contribution < 1.29 is 0 Å². The van der Waals surface area contributed by atoms with Crippen molar-refractivity contribution in [3.63, 3.8) is 0 Å². The molecular formula is C11H26ClN. The van der Waals surface area contributed by atoms with Crippen molar-refractivity contribution in [3.05, 3.63) is 0 Å². The van der Waals surface area contributed by atoms with Gasteiger partial charge in [0.2, 0.25) is 0 Å². The van der Waals surface area contributed by atoms with E-state index in [1.807, 2.05) is 0 Å². The lowest BCUT2D eigenvalue weighted by atomic mass is 10.1. The van der Waals surface area contributed by atoms with Gasteiger partial charge in [0.25, 0.3) is 0 Å². The van der Waals surface area contributed by atoms with E-state index in [-0.39, 0.29) is 12.4 Å². The van der Waals surface area contributed by atoms with Crippen LogP contribution in [0.4, 0.5) is 0 Å². The SMILES string of the molecule is CCCCCCCCCN(C)C.Cl. The lowest BCUT2D eigenvalue weighted by Gasteiger charge is -2.08. The van der Waals surface area contributed by atoms with Crippen molar-refractivity contribution in [2.45, 2.75) is 51.9 Å². The third-order valence-corrected chi connectivity index (χ3v) is 2.21. The van der Waals surface area contributed by atoms with Crippen LogP contribution in [0.3, 0.4) is 0 Å². The molecule has 0 aromatic carbocycles. The van der Waals surface area contributed by atoms with Crippen LogP contribution in [0.15, 0.2) is 0 Å². The molecule has 82 valence electrons. The number of halogens is 1. The molecule has 0 saturated heterocycles. The molecule has 0 rings (SSSR count). The van der Waals surface area contributed by atoms with Gasteiger partial charge in [-0.05, 0) is 27.1 Å². The molecule has 0 fully saturated rings. The van der Waals surface area contributed by atoms with Gasteiger partial charge in [0.15, 0.2) is 0 Å². The number of unbranched alkanes of at least 4 members (excludes halogenated alkanes) is 6. The number of hydrogen-bond acceptors (Lipinski definition) is 1. The maximum atomic E-state index is 2.27. The smallest absolute Gasteiger partial charge is 0.00248 e. The van der Waals surface area contributed by atoms with Crippen LogP contribution in [-0.4, -0.2) is 25.5 Å². The quantitative estimate of drug-likeness (QED) is 0.549. The highest BCUT2D eigenvalue weighted by Gasteiger charge is 1.91. The Morgan fingerprint density at radius 3 is 1.69 bits per heavy atom. The van der Waals surface area contributed by atoms with E-state index in [2.05, 4.69) is 25.9 Å². The summed E-state index contributed by atoms with van der Waals surface area (Å²) < 4.78 is 0. The molecule has 1 nitrogen and oxygen atoms in total. The Hall–Kier alpha value is 0.250. The van der Waals surface area contributed by atoms with Crippen LogP contribution in [0.25, 0.3) is 0 Å². The molecule has 0 unspecified atom stereocenters. The van der Waals surface area contributed by atoms with Gasteiger partial charge in [0.05, 0.1) is 0 Å². The van der Waals surface area contributed by atoms with Gasteiger partial charge in [0.1, 0.15) is 0 Å². The minimum Gasteiger partial charge on any atom is -0.309 e. The minimum atomic E-state index is 0. The second-order valence-corrected chi connectivity index (χ2v) is 3.92. The standard InChI is InChI=1S/C11H25N.ClH/c1-4-5-6-7-8-9-10-11-12(2)3;/h4-11H2,1-3H3;1H. The molecule has 2 heteroatoms. The molecule has 0 aliphatic carbocycles. The van der Waals surface area contributed by atoms with E-state index in [0.717, 1.165) is 0 Å². The van der Waals surface area contributed by atoms with E-state index in [4.69, 9.17) is 0 Å². The van der Waals surface area contributed by atoms with Gasteiger partial charge in [-0.1, -0.05) is 45.4 Å². The lowest BCUT2D eigenvalue weighted by molar-refractivity contribution is 0.389. The van der Waals surface area contributed by atoms with Crippen LogP contribution in [0.1, 0.15) is 51.9 Å². The molecule has 0 aromatic heterocycles. The monoisotopic (exact) mass is 207 g/mol. The number of nitrogens with zero attached hydrogens (tertiary/aromatic N) is 1. The summed E-state index contributed by atoms with van der Waals surface area (Å²) in [5.41, 5.74) is 0. The summed E-state index contributed by atoms with van der Waals surface area (Å²) in [6.45, 7) is 3.53. The van der Waals surface area contributed by atoms with Gasteiger partial charge < -0.3 is 4.90 Å². The topological polar surface area (TPSA) is 3.24 Å². The number of rotatable bonds is 8. The lowest BCUT2D eigenvalue weighted by Crippen LogP contribution is -2.12. The molecule has 0 saturated carbocycles. The molecule has 0 aromatic rings. The van der Waals surface area contributed by atoms with Gasteiger partial charge in [-0.3, -0.25) is 0 Å². The summed E-state index contributed by atoms with van der Waals surface area (Å²) >= 11 is 0. The van der Waals surface area contributed by atoms with Crippen LogP contribution in [0.5, 0.6) is 0 Å². The van der Waals surface area contributed by atoms with Crippen molar-refractivity contribution in [2.75, 3.05) is 20.6 Å². The molecule has 13 heavy (non-hydrogen) atoms. The first-order valence-corrected chi connectivity index (χ1v) is 5.42. The van der Waals surface area contributed by atoms with Crippen molar-refractivity contribution >= 4 is 12.4 Å². The molecule has 0 radical (unpaired) electrons. The average molecular weight is 208 g/mol. The fraction of sp³-hybridized carbons (Fsp3) is 1.00. The van der Waals surface area contributed by atoms with E-state index < -0.39 is 0 Å². The Bertz CT molecular complexity index is 84.2. The van der Waals surface area contributed by atoms with E-state index in [1.165, 1.54) is 51.5 Å². The Morgan fingerprint density at radius 1 is 0.769 bits per heavy atom. The first kappa shape index (κ1) is 15.7. The van der Waals surface area contributed by atoms with Crippen molar-refractivity contribution in [3.8, 4) is 0 Å². The fourth-order valence-electron chi connectivity index (χ4n) is 1.39. The Labute approximate surface area is 90.3 Å². The molecule has 0 aliphatic rings. The molecule has 0 atom stereocenters. The molecule has 0 amide bonds. The van der Waals surface area contributed by atoms with Crippen molar-refractivity contribution in [1.82, 2.24) is 4.90 Å². The zero-order chi connectivity index (χ0) is 9.23. The second-order valence-electron chi connectivity index (χ2n) is 3.92. The molecule has 0 bridgehead atoms. The first-order chi connectivity index (χ1) is 5.77. The van der Waals surface area contributed by atoms with Crippen LogP contribution in [-0.2, 0) is 0 Å². The van der Waals surface area contributed by atoms with E-state index in [9.17, 15) is 0 Å². The van der Waals surface area contributed by atoms with Crippen molar-refractivity contribution in [2.24, 2.45) is 0 Å². The maximum absolute atomic E-state index is 2.27. The highest BCUT2D eigenvalue weighted by atomic mass is 35.5. The van der Waals surface area contributed by atoms with Crippen molar-refractivity contribution in [1.29, 1.82) is 0 Å². The molecule has 0 heterocycles. The molecule has 0 N–H and O–H groups in total.